The van der Waals surface area contributed by atoms with Crippen molar-refractivity contribution in [3.63, 3.8) is 0 Å². The van der Waals surface area contributed by atoms with E-state index in [4.69, 9.17) is 0 Å². The van der Waals surface area contributed by atoms with Gasteiger partial charge in [-0.1, -0.05) is 18.2 Å². The van der Waals surface area contributed by atoms with Crippen molar-refractivity contribution in [1.29, 1.82) is 0 Å². The molecule has 3 rings (SSSR count). The number of rotatable bonds is 5. The lowest BCUT2D eigenvalue weighted by molar-refractivity contribution is 0.187. The van der Waals surface area contributed by atoms with Gasteiger partial charge in [0.1, 0.15) is 0 Å². The molecular formula is C17H23N3O2S. The van der Waals surface area contributed by atoms with Gasteiger partial charge in [0.05, 0.1) is 11.8 Å². The second kappa shape index (κ2) is 6.95. The zero-order valence-corrected chi connectivity index (χ0v) is 14.3. The van der Waals surface area contributed by atoms with Crippen molar-refractivity contribution < 1.29 is 8.42 Å². The molecule has 5 nitrogen and oxygen atoms in total. The molecule has 0 radical (unpaired) electrons. The highest BCUT2D eigenvalue weighted by molar-refractivity contribution is 7.88. The Morgan fingerprint density at radius 1 is 1.13 bits per heavy atom. The lowest BCUT2D eigenvalue weighted by Gasteiger charge is -2.33. The van der Waals surface area contributed by atoms with E-state index in [0.29, 0.717) is 13.1 Å². The highest BCUT2D eigenvalue weighted by atomic mass is 32.2. The summed E-state index contributed by atoms with van der Waals surface area (Å²) < 4.78 is 24.6. The minimum absolute atomic E-state index is 0.608. The van der Waals surface area contributed by atoms with Gasteiger partial charge in [0.15, 0.2) is 0 Å². The van der Waals surface area contributed by atoms with Crippen LogP contribution in [-0.2, 0) is 16.4 Å². The molecule has 1 fully saturated rings. The van der Waals surface area contributed by atoms with Crippen LogP contribution >= 0.6 is 0 Å². The van der Waals surface area contributed by atoms with Crippen LogP contribution in [0.4, 0.5) is 0 Å². The van der Waals surface area contributed by atoms with Crippen molar-refractivity contribution in [2.24, 2.45) is 0 Å². The van der Waals surface area contributed by atoms with Crippen LogP contribution in [0.25, 0.3) is 10.9 Å². The fourth-order valence-electron chi connectivity index (χ4n) is 3.04. The second-order valence-corrected chi connectivity index (χ2v) is 8.13. The van der Waals surface area contributed by atoms with Crippen LogP contribution in [0.3, 0.4) is 0 Å². The molecule has 0 bridgehead atoms. The number of benzene rings is 1. The fraction of sp³-hybridized carbons (Fsp3) is 0.471. The molecule has 1 aliphatic rings. The van der Waals surface area contributed by atoms with E-state index >= 15 is 0 Å². The van der Waals surface area contributed by atoms with Gasteiger partial charge in [-0.2, -0.15) is 4.31 Å². The molecule has 1 aliphatic heterocycles. The Hall–Kier alpha value is -1.50. The van der Waals surface area contributed by atoms with E-state index in [1.807, 2.05) is 24.4 Å². The van der Waals surface area contributed by atoms with Crippen molar-refractivity contribution >= 4 is 20.9 Å². The minimum atomic E-state index is -3.04. The molecule has 0 aliphatic carbocycles. The van der Waals surface area contributed by atoms with Crippen molar-refractivity contribution in [3.8, 4) is 0 Å². The highest BCUT2D eigenvalue weighted by Crippen LogP contribution is 2.14. The molecule has 0 amide bonds. The van der Waals surface area contributed by atoms with Crippen molar-refractivity contribution in [3.05, 3.63) is 42.1 Å². The molecule has 1 aromatic heterocycles. The molecule has 23 heavy (non-hydrogen) atoms. The van der Waals surface area contributed by atoms with E-state index in [-0.39, 0.29) is 0 Å². The summed E-state index contributed by atoms with van der Waals surface area (Å²) >= 11 is 0. The average Bonchev–Trinajstić information content (AvgIpc) is 2.54. The van der Waals surface area contributed by atoms with Gasteiger partial charge in [-0.05, 0) is 37.1 Å². The van der Waals surface area contributed by atoms with Crippen LogP contribution in [0.15, 0.2) is 36.5 Å². The molecule has 0 spiro atoms. The number of aryl methyl sites for hydroxylation is 1. The maximum absolute atomic E-state index is 11.5. The zero-order valence-electron chi connectivity index (χ0n) is 13.5. The van der Waals surface area contributed by atoms with E-state index < -0.39 is 10.0 Å². The predicted octanol–water partition coefficient (Wildman–Crippen LogP) is 1.74. The lowest BCUT2D eigenvalue weighted by atomic mass is 10.1. The van der Waals surface area contributed by atoms with Crippen LogP contribution in [0.1, 0.15) is 12.0 Å². The minimum Gasteiger partial charge on any atom is -0.301 e. The Balaban J connectivity index is 1.48. The molecule has 6 heteroatoms. The molecule has 0 saturated carbocycles. The summed E-state index contributed by atoms with van der Waals surface area (Å²) in [6.45, 7) is 3.86. The summed E-state index contributed by atoms with van der Waals surface area (Å²) in [5.74, 6) is 0. The van der Waals surface area contributed by atoms with Gasteiger partial charge in [-0.25, -0.2) is 8.42 Å². The average molecular weight is 333 g/mol. The second-order valence-electron chi connectivity index (χ2n) is 6.14. The number of nitrogens with zero attached hydrogens (tertiary/aromatic N) is 3. The first-order valence-electron chi connectivity index (χ1n) is 8.03. The number of hydrogen-bond donors (Lipinski definition) is 0. The first-order chi connectivity index (χ1) is 11.0. The fourth-order valence-corrected chi connectivity index (χ4v) is 3.87. The highest BCUT2D eigenvalue weighted by Gasteiger charge is 2.22. The van der Waals surface area contributed by atoms with Gasteiger partial charge in [0, 0.05) is 37.8 Å². The van der Waals surface area contributed by atoms with Gasteiger partial charge >= 0.3 is 0 Å². The number of para-hydroxylation sites is 1. The number of aromatic nitrogens is 1. The third-order valence-corrected chi connectivity index (χ3v) is 5.69. The first-order valence-corrected chi connectivity index (χ1v) is 9.88. The third kappa shape index (κ3) is 4.28. The molecule has 2 aromatic rings. The Bertz CT molecular complexity index is 768. The number of sulfonamides is 1. The molecule has 2 heterocycles. The summed E-state index contributed by atoms with van der Waals surface area (Å²) in [7, 11) is -3.04. The van der Waals surface area contributed by atoms with E-state index in [1.54, 1.807) is 4.31 Å². The summed E-state index contributed by atoms with van der Waals surface area (Å²) in [5.41, 5.74) is 2.30. The van der Waals surface area contributed by atoms with Crippen molar-refractivity contribution in [2.75, 3.05) is 39.0 Å². The van der Waals surface area contributed by atoms with Crippen LogP contribution in [-0.4, -0.2) is 61.6 Å². The van der Waals surface area contributed by atoms with E-state index in [2.05, 4.69) is 22.0 Å². The summed E-state index contributed by atoms with van der Waals surface area (Å²) in [4.78, 5) is 6.84. The number of pyridine rings is 1. The zero-order chi connectivity index (χ0) is 16.3. The molecular weight excluding hydrogens is 310 g/mol. The monoisotopic (exact) mass is 333 g/mol. The maximum atomic E-state index is 11.5. The molecule has 0 unspecified atom stereocenters. The number of hydrogen-bond acceptors (Lipinski definition) is 4. The first kappa shape index (κ1) is 16.4. The molecule has 0 N–H and O–H groups in total. The van der Waals surface area contributed by atoms with E-state index in [0.717, 1.165) is 38.0 Å². The van der Waals surface area contributed by atoms with Gasteiger partial charge in [-0.3, -0.25) is 4.98 Å². The normalized spacial score (nSPS) is 17.6. The standard InChI is InChI=1S/C17H23N3O2S/c1-23(21,22)20-11-9-19(10-12-20)8-4-5-15-13-16-6-2-3-7-17(16)18-14-15/h2-3,6-7,13-14H,4-5,8-12H2,1H3. The van der Waals surface area contributed by atoms with Crippen molar-refractivity contribution in [2.45, 2.75) is 12.8 Å². The van der Waals surface area contributed by atoms with Crippen LogP contribution in [0.2, 0.25) is 0 Å². The van der Waals surface area contributed by atoms with Gasteiger partial charge in [0.2, 0.25) is 10.0 Å². The van der Waals surface area contributed by atoms with Gasteiger partial charge < -0.3 is 4.90 Å². The number of piperazine rings is 1. The number of fused-ring (bicyclic) bond motifs is 1. The van der Waals surface area contributed by atoms with Crippen LogP contribution in [0, 0.1) is 0 Å². The summed E-state index contributed by atoms with van der Waals surface area (Å²) in [6, 6.07) is 10.4. The van der Waals surface area contributed by atoms with E-state index in [1.165, 1.54) is 17.2 Å². The van der Waals surface area contributed by atoms with Crippen LogP contribution < -0.4 is 0 Å². The predicted molar refractivity (Wildman–Crippen MR) is 92.9 cm³/mol. The summed E-state index contributed by atoms with van der Waals surface area (Å²) in [6.07, 6.45) is 5.32. The maximum Gasteiger partial charge on any atom is 0.211 e. The molecule has 0 atom stereocenters. The Morgan fingerprint density at radius 2 is 1.87 bits per heavy atom. The Kier molecular flexibility index (Phi) is 4.94. The van der Waals surface area contributed by atoms with E-state index in [9.17, 15) is 8.42 Å². The SMILES string of the molecule is CS(=O)(=O)N1CCN(CCCc2cnc3ccccc3c2)CC1. The Labute approximate surface area is 138 Å². The van der Waals surface area contributed by atoms with Crippen molar-refractivity contribution in [1.82, 2.24) is 14.2 Å². The quantitative estimate of drug-likeness (QED) is 0.836. The molecule has 124 valence electrons. The van der Waals surface area contributed by atoms with Gasteiger partial charge in [-0.15, -0.1) is 0 Å². The third-order valence-electron chi connectivity index (χ3n) is 4.39. The molecule has 1 aromatic carbocycles. The Morgan fingerprint density at radius 3 is 2.61 bits per heavy atom. The summed E-state index contributed by atoms with van der Waals surface area (Å²) in [5, 5.41) is 1.19. The molecule has 1 saturated heterocycles. The van der Waals surface area contributed by atoms with Crippen LogP contribution in [0.5, 0.6) is 0 Å². The largest absolute Gasteiger partial charge is 0.301 e. The topological polar surface area (TPSA) is 53.5 Å². The lowest BCUT2D eigenvalue weighted by Crippen LogP contribution is -2.48. The van der Waals surface area contributed by atoms with Gasteiger partial charge in [0.25, 0.3) is 0 Å². The smallest absolute Gasteiger partial charge is 0.211 e.